The molecule has 1 aromatic heterocycles. The Kier molecular flexibility index (Phi) is 3.59. The van der Waals surface area contributed by atoms with Crippen molar-refractivity contribution in [1.29, 1.82) is 0 Å². The Morgan fingerprint density at radius 3 is 2.50 bits per heavy atom. The molecule has 20 heavy (non-hydrogen) atoms. The molecule has 2 rings (SSSR count). The van der Waals surface area contributed by atoms with E-state index in [0.29, 0.717) is 5.69 Å². The van der Waals surface area contributed by atoms with Crippen LogP contribution in [0, 0.1) is 6.92 Å². The SMILES string of the molecule is Cc1cc(C(=O)O)nn1-c1ccc(Br)cc1C(F)(F)F. The van der Waals surface area contributed by atoms with Crippen molar-refractivity contribution in [3.63, 3.8) is 0 Å². The van der Waals surface area contributed by atoms with Crippen LogP contribution in [0.3, 0.4) is 0 Å². The molecule has 8 heteroatoms. The molecule has 1 N–H and O–H groups in total. The summed E-state index contributed by atoms with van der Waals surface area (Å²) in [7, 11) is 0. The molecule has 0 aliphatic rings. The molecule has 0 saturated heterocycles. The topological polar surface area (TPSA) is 55.1 Å². The molecule has 0 saturated carbocycles. The second-order valence-electron chi connectivity index (χ2n) is 4.05. The fourth-order valence-electron chi connectivity index (χ4n) is 1.74. The minimum atomic E-state index is -4.57. The minimum Gasteiger partial charge on any atom is -0.476 e. The number of aromatic nitrogens is 2. The fraction of sp³-hybridized carbons (Fsp3) is 0.167. The van der Waals surface area contributed by atoms with E-state index >= 15 is 0 Å². The van der Waals surface area contributed by atoms with E-state index in [4.69, 9.17) is 5.11 Å². The number of nitrogens with zero attached hydrogens (tertiary/aromatic N) is 2. The predicted octanol–water partition coefficient (Wildman–Crippen LogP) is 3.66. The molecule has 0 aliphatic heterocycles. The van der Waals surface area contributed by atoms with E-state index in [0.717, 1.165) is 10.7 Å². The van der Waals surface area contributed by atoms with Crippen LogP contribution < -0.4 is 0 Å². The van der Waals surface area contributed by atoms with E-state index in [9.17, 15) is 18.0 Å². The Morgan fingerprint density at radius 1 is 1.35 bits per heavy atom. The minimum absolute atomic E-state index is 0.217. The van der Waals surface area contributed by atoms with Gasteiger partial charge < -0.3 is 5.11 Å². The van der Waals surface area contributed by atoms with Gasteiger partial charge in [-0.25, -0.2) is 9.48 Å². The molecular formula is C12H8BrF3N2O2. The molecule has 0 spiro atoms. The zero-order valence-electron chi connectivity index (χ0n) is 10.1. The summed E-state index contributed by atoms with van der Waals surface area (Å²) in [5, 5.41) is 12.5. The van der Waals surface area contributed by atoms with Gasteiger partial charge in [-0.1, -0.05) is 15.9 Å². The van der Waals surface area contributed by atoms with Crippen molar-refractivity contribution in [2.45, 2.75) is 13.1 Å². The van der Waals surface area contributed by atoms with Gasteiger partial charge >= 0.3 is 12.1 Å². The number of benzene rings is 1. The normalized spacial score (nSPS) is 11.7. The summed E-state index contributed by atoms with van der Waals surface area (Å²) in [4.78, 5) is 10.8. The Balaban J connectivity index is 2.67. The highest BCUT2D eigenvalue weighted by atomic mass is 79.9. The summed E-state index contributed by atoms with van der Waals surface area (Å²) in [5.41, 5.74) is -1.12. The molecule has 106 valence electrons. The first kappa shape index (κ1) is 14.6. The van der Waals surface area contributed by atoms with E-state index < -0.39 is 17.7 Å². The quantitative estimate of drug-likeness (QED) is 0.900. The number of halogens is 4. The lowest BCUT2D eigenvalue weighted by Gasteiger charge is -2.14. The number of alkyl halides is 3. The maximum absolute atomic E-state index is 13.0. The second-order valence-corrected chi connectivity index (χ2v) is 4.96. The van der Waals surface area contributed by atoms with Crippen molar-refractivity contribution in [2.75, 3.05) is 0 Å². The molecule has 0 atom stereocenters. The van der Waals surface area contributed by atoms with E-state index in [-0.39, 0.29) is 15.9 Å². The molecular weight excluding hydrogens is 341 g/mol. The summed E-state index contributed by atoms with van der Waals surface area (Å²) in [5.74, 6) is -1.29. The number of rotatable bonds is 2. The lowest BCUT2D eigenvalue weighted by molar-refractivity contribution is -0.137. The van der Waals surface area contributed by atoms with Crippen LogP contribution in [0.15, 0.2) is 28.7 Å². The molecule has 0 bridgehead atoms. The van der Waals surface area contributed by atoms with Crippen LogP contribution in [0.25, 0.3) is 5.69 Å². The number of aromatic carboxylic acids is 1. The summed E-state index contributed by atoms with van der Waals surface area (Å²) in [6.45, 7) is 1.49. The summed E-state index contributed by atoms with van der Waals surface area (Å²) in [6, 6.07) is 4.81. The van der Waals surface area contributed by atoms with Gasteiger partial charge in [-0.15, -0.1) is 0 Å². The summed E-state index contributed by atoms with van der Waals surface area (Å²) in [6.07, 6.45) is -4.57. The lowest BCUT2D eigenvalue weighted by atomic mass is 10.1. The lowest BCUT2D eigenvalue weighted by Crippen LogP contribution is -2.13. The zero-order valence-corrected chi connectivity index (χ0v) is 11.7. The third kappa shape index (κ3) is 2.69. The van der Waals surface area contributed by atoms with Crippen molar-refractivity contribution in [1.82, 2.24) is 9.78 Å². The second kappa shape index (κ2) is 4.93. The van der Waals surface area contributed by atoms with Crippen LogP contribution in [0.4, 0.5) is 13.2 Å². The molecule has 0 radical (unpaired) electrons. The highest BCUT2D eigenvalue weighted by Gasteiger charge is 2.35. The van der Waals surface area contributed by atoms with Crippen LogP contribution in [-0.4, -0.2) is 20.9 Å². The molecule has 0 fully saturated rings. The average Bonchev–Trinajstić information content (AvgIpc) is 2.70. The highest BCUT2D eigenvalue weighted by Crippen LogP contribution is 2.35. The van der Waals surface area contributed by atoms with Gasteiger partial charge in [0.1, 0.15) is 0 Å². The van der Waals surface area contributed by atoms with Gasteiger partial charge in [-0.3, -0.25) is 0 Å². The van der Waals surface area contributed by atoms with Gasteiger partial charge in [0.2, 0.25) is 0 Å². The number of hydrogen-bond donors (Lipinski definition) is 1. The smallest absolute Gasteiger partial charge is 0.418 e. The first-order valence-corrected chi connectivity index (χ1v) is 6.16. The fourth-order valence-corrected chi connectivity index (χ4v) is 2.10. The van der Waals surface area contributed by atoms with E-state index in [1.807, 2.05) is 0 Å². The molecule has 0 amide bonds. The van der Waals surface area contributed by atoms with E-state index in [2.05, 4.69) is 21.0 Å². The van der Waals surface area contributed by atoms with Crippen LogP contribution >= 0.6 is 15.9 Å². The zero-order chi connectivity index (χ0) is 15.1. The summed E-state index contributed by atoms with van der Waals surface area (Å²) < 4.78 is 40.3. The molecule has 1 heterocycles. The monoisotopic (exact) mass is 348 g/mol. The Hall–Kier alpha value is -1.83. The van der Waals surface area contributed by atoms with Gasteiger partial charge in [-0.2, -0.15) is 18.3 Å². The maximum Gasteiger partial charge on any atom is 0.418 e. The third-order valence-corrected chi connectivity index (χ3v) is 3.09. The van der Waals surface area contributed by atoms with Crippen molar-refractivity contribution < 1.29 is 23.1 Å². The maximum atomic E-state index is 13.0. The van der Waals surface area contributed by atoms with Gasteiger partial charge in [-0.05, 0) is 31.2 Å². The van der Waals surface area contributed by atoms with Gasteiger partial charge in [0.25, 0.3) is 0 Å². The van der Waals surface area contributed by atoms with Crippen LogP contribution in [-0.2, 0) is 6.18 Å². The van der Waals surface area contributed by atoms with Crippen molar-refractivity contribution >= 4 is 21.9 Å². The van der Waals surface area contributed by atoms with Crippen LogP contribution in [0.2, 0.25) is 0 Å². The standard InChI is InChI=1S/C12H8BrF3N2O2/c1-6-4-9(11(19)20)17-18(6)10-3-2-7(13)5-8(10)12(14,15)16/h2-5H,1H3,(H,19,20). The van der Waals surface area contributed by atoms with Crippen LogP contribution in [0.5, 0.6) is 0 Å². The number of carboxylic acids is 1. The number of aryl methyl sites for hydroxylation is 1. The molecule has 1 aromatic carbocycles. The molecule has 2 aromatic rings. The number of carbonyl (C=O) groups is 1. The first-order chi connectivity index (χ1) is 9.20. The Bertz CT molecular complexity index is 680. The van der Waals surface area contributed by atoms with Crippen LogP contribution in [0.1, 0.15) is 21.7 Å². The van der Waals surface area contributed by atoms with Gasteiger partial charge in [0, 0.05) is 10.2 Å². The first-order valence-electron chi connectivity index (χ1n) is 5.37. The Labute approximate surface area is 120 Å². The van der Waals surface area contributed by atoms with Crippen molar-refractivity contribution in [3.8, 4) is 5.69 Å². The molecule has 0 unspecified atom stereocenters. The van der Waals surface area contributed by atoms with Gasteiger partial charge in [0.15, 0.2) is 5.69 Å². The molecule has 0 aliphatic carbocycles. The Morgan fingerprint density at radius 2 is 2.00 bits per heavy atom. The van der Waals surface area contributed by atoms with E-state index in [1.165, 1.54) is 25.1 Å². The predicted molar refractivity (Wildman–Crippen MR) is 68.0 cm³/mol. The average molecular weight is 349 g/mol. The number of carboxylic acid groups (broad SMARTS) is 1. The third-order valence-electron chi connectivity index (χ3n) is 2.60. The highest BCUT2D eigenvalue weighted by molar-refractivity contribution is 9.10. The number of hydrogen-bond acceptors (Lipinski definition) is 2. The largest absolute Gasteiger partial charge is 0.476 e. The van der Waals surface area contributed by atoms with Crippen molar-refractivity contribution in [2.24, 2.45) is 0 Å². The van der Waals surface area contributed by atoms with Gasteiger partial charge in [0.05, 0.1) is 11.3 Å². The summed E-state index contributed by atoms with van der Waals surface area (Å²) >= 11 is 2.98. The molecule has 4 nitrogen and oxygen atoms in total. The van der Waals surface area contributed by atoms with E-state index in [1.54, 1.807) is 0 Å². The van der Waals surface area contributed by atoms with Crippen molar-refractivity contribution in [3.05, 3.63) is 45.7 Å².